The SMILES string of the molecule is COC(=O)C1C(C(=O)O)C(C(=O)O)C1C(=O)NCCC(Cc1ccc(Cl)cc1)c1ccc(-c2ccccc2)cc1. The molecule has 5 unspecified atom stereocenters. The molecule has 8 nitrogen and oxygen atoms in total. The number of ether oxygens (including phenoxy) is 1. The predicted octanol–water partition coefficient (Wildman–Crippen LogP) is 4.66. The normalized spacial score (nSPS) is 20.6. The molecule has 3 aromatic carbocycles. The molecule has 1 aliphatic carbocycles. The molecule has 40 heavy (non-hydrogen) atoms. The summed E-state index contributed by atoms with van der Waals surface area (Å²) < 4.78 is 4.68. The Balaban J connectivity index is 1.49. The van der Waals surface area contributed by atoms with Gasteiger partial charge in [-0.3, -0.25) is 19.2 Å². The molecule has 0 aromatic heterocycles. The number of hydrogen-bond acceptors (Lipinski definition) is 5. The summed E-state index contributed by atoms with van der Waals surface area (Å²) in [5.41, 5.74) is 4.31. The van der Waals surface area contributed by atoms with E-state index in [2.05, 4.69) is 34.3 Å². The lowest BCUT2D eigenvalue weighted by atomic mass is 9.56. The van der Waals surface area contributed by atoms with Gasteiger partial charge in [0.25, 0.3) is 0 Å². The largest absolute Gasteiger partial charge is 0.481 e. The van der Waals surface area contributed by atoms with E-state index < -0.39 is 47.5 Å². The molecule has 0 bridgehead atoms. The fourth-order valence-corrected chi connectivity index (χ4v) is 5.60. The number of rotatable bonds is 11. The van der Waals surface area contributed by atoms with E-state index in [-0.39, 0.29) is 12.5 Å². The van der Waals surface area contributed by atoms with E-state index in [9.17, 15) is 29.4 Å². The number of carbonyl (C=O) groups is 4. The number of benzene rings is 3. The third-order valence-electron chi connectivity index (χ3n) is 7.57. The lowest BCUT2D eigenvalue weighted by Gasteiger charge is -2.44. The van der Waals surface area contributed by atoms with Crippen molar-refractivity contribution in [2.45, 2.75) is 18.8 Å². The number of amides is 1. The van der Waals surface area contributed by atoms with Gasteiger partial charge >= 0.3 is 17.9 Å². The molecule has 0 heterocycles. The number of halogens is 1. The lowest BCUT2D eigenvalue weighted by molar-refractivity contribution is -0.188. The second kappa shape index (κ2) is 12.8. The summed E-state index contributed by atoms with van der Waals surface area (Å²) in [5.74, 6) is -10.2. The summed E-state index contributed by atoms with van der Waals surface area (Å²) in [6.45, 7) is 0.200. The molecular formula is C31H30ClNO7. The minimum Gasteiger partial charge on any atom is -0.481 e. The van der Waals surface area contributed by atoms with E-state index in [1.807, 2.05) is 54.6 Å². The molecule has 0 saturated heterocycles. The van der Waals surface area contributed by atoms with E-state index in [0.29, 0.717) is 17.9 Å². The Labute approximate surface area is 236 Å². The molecule has 1 aliphatic rings. The van der Waals surface area contributed by atoms with E-state index in [1.54, 1.807) is 0 Å². The first-order valence-corrected chi connectivity index (χ1v) is 13.3. The van der Waals surface area contributed by atoms with Crippen molar-refractivity contribution in [3.05, 3.63) is 95.0 Å². The van der Waals surface area contributed by atoms with Crippen LogP contribution >= 0.6 is 11.6 Å². The van der Waals surface area contributed by atoms with Crippen LogP contribution in [0.2, 0.25) is 5.02 Å². The molecule has 0 radical (unpaired) electrons. The lowest BCUT2D eigenvalue weighted by Crippen LogP contribution is -2.62. The average Bonchev–Trinajstić information content (AvgIpc) is 2.93. The number of esters is 1. The highest BCUT2D eigenvalue weighted by Gasteiger charge is 2.64. The van der Waals surface area contributed by atoms with Crippen LogP contribution in [0.25, 0.3) is 11.1 Å². The van der Waals surface area contributed by atoms with E-state index in [0.717, 1.165) is 29.4 Å². The predicted molar refractivity (Wildman–Crippen MR) is 149 cm³/mol. The maximum atomic E-state index is 13.1. The summed E-state index contributed by atoms with van der Waals surface area (Å²) in [6, 6.07) is 25.8. The monoisotopic (exact) mass is 563 g/mol. The summed E-state index contributed by atoms with van der Waals surface area (Å²) in [5, 5.41) is 22.4. The van der Waals surface area contributed by atoms with Gasteiger partial charge in [0.1, 0.15) is 0 Å². The average molecular weight is 564 g/mol. The van der Waals surface area contributed by atoms with Gasteiger partial charge in [-0.05, 0) is 53.1 Å². The summed E-state index contributed by atoms with van der Waals surface area (Å²) in [7, 11) is 1.08. The van der Waals surface area contributed by atoms with Gasteiger partial charge in [-0.2, -0.15) is 0 Å². The zero-order chi connectivity index (χ0) is 28.8. The summed E-state index contributed by atoms with van der Waals surface area (Å²) in [4.78, 5) is 48.8. The van der Waals surface area contributed by atoms with Crippen LogP contribution in [-0.2, 0) is 30.3 Å². The number of methoxy groups -OCH3 is 1. The first-order chi connectivity index (χ1) is 19.2. The molecule has 208 valence electrons. The van der Waals surface area contributed by atoms with Crippen molar-refractivity contribution in [1.29, 1.82) is 0 Å². The highest BCUT2D eigenvalue weighted by molar-refractivity contribution is 6.30. The molecule has 0 spiro atoms. The zero-order valence-corrected chi connectivity index (χ0v) is 22.6. The van der Waals surface area contributed by atoms with Crippen molar-refractivity contribution in [1.82, 2.24) is 5.32 Å². The molecule has 3 aromatic rings. The molecule has 3 N–H and O–H groups in total. The van der Waals surface area contributed by atoms with Crippen molar-refractivity contribution < 1.29 is 34.1 Å². The smallest absolute Gasteiger partial charge is 0.310 e. The number of carbonyl (C=O) groups excluding carboxylic acids is 2. The first kappa shape index (κ1) is 28.8. The van der Waals surface area contributed by atoms with Crippen LogP contribution in [0, 0.1) is 23.7 Å². The molecule has 1 saturated carbocycles. The summed E-state index contributed by atoms with van der Waals surface area (Å²) >= 11 is 6.06. The molecule has 0 aliphatic heterocycles. The zero-order valence-electron chi connectivity index (χ0n) is 21.8. The van der Waals surface area contributed by atoms with Crippen LogP contribution in [0.1, 0.15) is 23.5 Å². The van der Waals surface area contributed by atoms with Crippen LogP contribution in [0.4, 0.5) is 0 Å². The number of nitrogens with one attached hydrogen (secondary N) is 1. The molecule has 9 heteroatoms. The van der Waals surface area contributed by atoms with Crippen LogP contribution < -0.4 is 5.32 Å². The number of aliphatic carboxylic acids is 2. The van der Waals surface area contributed by atoms with Gasteiger partial charge in [0.05, 0.1) is 30.8 Å². The van der Waals surface area contributed by atoms with Crippen molar-refractivity contribution in [2.75, 3.05) is 13.7 Å². The highest BCUT2D eigenvalue weighted by atomic mass is 35.5. The number of carboxylic acids is 2. The number of hydrogen-bond donors (Lipinski definition) is 3. The minimum atomic E-state index is -1.53. The fraction of sp³-hybridized carbons (Fsp3) is 0.290. The van der Waals surface area contributed by atoms with Crippen LogP contribution in [0.15, 0.2) is 78.9 Å². The van der Waals surface area contributed by atoms with Crippen molar-refractivity contribution in [3.8, 4) is 11.1 Å². The third kappa shape index (κ3) is 6.34. The Morgan fingerprint density at radius 3 is 1.95 bits per heavy atom. The summed E-state index contributed by atoms with van der Waals surface area (Å²) in [6.07, 6.45) is 1.19. The van der Waals surface area contributed by atoms with Crippen LogP contribution in [0.5, 0.6) is 0 Å². The van der Waals surface area contributed by atoms with E-state index in [4.69, 9.17) is 11.6 Å². The van der Waals surface area contributed by atoms with Crippen LogP contribution in [-0.4, -0.2) is 47.7 Å². The second-order valence-electron chi connectivity index (χ2n) is 9.90. The van der Waals surface area contributed by atoms with Gasteiger partial charge < -0.3 is 20.3 Å². The van der Waals surface area contributed by atoms with Gasteiger partial charge in [-0.25, -0.2) is 0 Å². The van der Waals surface area contributed by atoms with Crippen molar-refractivity contribution in [2.24, 2.45) is 23.7 Å². The van der Waals surface area contributed by atoms with E-state index >= 15 is 0 Å². The van der Waals surface area contributed by atoms with Gasteiger partial charge in [-0.1, -0.05) is 78.3 Å². The fourth-order valence-electron chi connectivity index (χ4n) is 5.48. The van der Waals surface area contributed by atoms with Crippen LogP contribution in [0.3, 0.4) is 0 Å². The Hall–Kier alpha value is -4.17. The second-order valence-corrected chi connectivity index (χ2v) is 10.3. The van der Waals surface area contributed by atoms with Crippen molar-refractivity contribution >= 4 is 35.4 Å². The Morgan fingerprint density at radius 2 is 1.38 bits per heavy atom. The van der Waals surface area contributed by atoms with Crippen molar-refractivity contribution in [3.63, 3.8) is 0 Å². The maximum absolute atomic E-state index is 13.1. The molecule has 5 atom stereocenters. The quantitative estimate of drug-likeness (QED) is 0.289. The Bertz CT molecular complexity index is 1360. The Kier molecular flexibility index (Phi) is 9.22. The topological polar surface area (TPSA) is 130 Å². The van der Waals surface area contributed by atoms with Gasteiger partial charge in [0, 0.05) is 11.6 Å². The molecule has 1 fully saturated rings. The Morgan fingerprint density at radius 1 is 0.800 bits per heavy atom. The molecule has 4 rings (SSSR count). The highest BCUT2D eigenvalue weighted by Crippen LogP contribution is 2.47. The van der Waals surface area contributed by atoms with E-state index in [1.165, 1.54) is 0 Å². The molecule has 1 amide bonds. The van der Waals surface area contributed by atoms with Gasteiger partial charge in [0.15, 0.2) is 0 Å². The first-order valence-electron chi connectivity index (χ1n) is 12.9. The minimum absolute atomic E-state index is 0.00568. The van der Waals surface area contributed by atoms with Gasteiger partial charge in [-0.15, -0.1) is 0 Å². The molecular weight excluding hydrogens is 534 g/mol. The van der Waals surface area contributed by atoms with Gasteiger partial charge in [0.2, 0.25) is 5.91 Å². The third-order valence-corrected chi connectivity index (χ3v) is 7.82. The standard InChI is InChI=1S/C31H30ClNO7/c1-40-31(39)27-24(25(29(35)36)26(27)30(37)38)28(34)33-16-15-22(17-18-7-13-23(32)14-8-18)21-11-9-20(10-12-21)19-5-3-2-4-6-19/h2-14,22,24-27H,15-17H2,1H3,(H,33,34)(H,35,36)(H,37,38). The number of carboxylic acid groups (broad SMARTS) is 2. The maximum Gasteiger partial charge on any atom is 0.310 e.